The fourth-order valence-electron chi connectivity index (χ4n) is 5.66. The summed E-state index contributed by atoms with van der Waals surface area (Å²) < 4.78 is 30.4. The fourth-order valence-corrected chi connectivity index (χ4v) is 5.66. The second kappa shape index (κ2) is 11.3. The van der Waals surface area contributed by atoms with Gasteiger partial charge in [0.25, 0.3) is 5.91 Å². The first-order valence-corrected chi connectivity index (χ1v) is 13.4. The highest BCUT2D eigenvalue weighted by atomic mass is 19.1. The molecule has 1 atom stereocenters. The molecule has 2 saturated heterocycles. The van der Waals surface area contributed by atoms with Crippen LogP contribution in [0.25, 0.3) is 0 Å². The number of benzene rings is 2. The Kier molecular flexibility index (Phi) is 7.81. The van der Waals surface area contributed by atoms with Crippen molar-refractivity contribution in [2.75, 3.05) is 32.9 Å². The Morgan fingerprint density at radius 2 is 1.77 bits per heavy atom. The second-order valence-electron chi connectivity index (χ2n) is 10.1. The van der Waals surface area contributed by atoms with Crippen LogP contribution >= 0.6 is 0 Å². The van der Waals surface area contributed by atoms with Crippen LogP contribution in [0.4, 0.5) is 4.39 Å². The highest BCUT2D eigenvalue weighted by Crippen LogP contribution is 2.38. The number of likely N-dealkylation sites (tertiary alicyclic amines) is 1. The third kappa shape index (κ3) is 5.60. The summed E-state index contributed by atoms with van der Waals surface area (Å²) in [6.07, 6.45) is 1.32. The number of hydrogen-bond donors (Lipinski definition) is 0. The number of amides is 2. The first-order chi connectivity index (χ1) is 18.8. The zero-order valence-corrected chi connectivity index (χ0v) is 22.3. The molecule has 39 heavy (non-hydrogen) atoms. The maximum atomic E-state index is 13.5. The summed E-state index contributed by atoms with van der Waals surface area (Å²) in [5.41, 5.74) is 2.86. The number of nitrogens with zero attached hydrogens (tertiary/aromatic N) is 2. The molecule has 2 amide bonds. The quantitative estimate of drug-likeness (QED) is 0.516. The standard InChI is InChI=1S/C30H33FN2O6/c1-3-37-29(36)27-20(2)33(26(34)18-25(27)22-7-9-24(31)10-8-22)19-21-5-4-6-23(17-21)28(35)32-13-11-30(12-14-32)38-15-16-39-30/h4-10,17,25H,3,11-16,18-19H2,1-2H3. The van der Waals surface area contributed by atoms with Gasteiger partial charge in [0, 0.05) is 49.5 Å². The predicted octanol–water partition coefficient (Wildman–Crippen LogP) is 4.16. The molecule has 3 aliphatic rings. The Morgan fingerprint density at radius 1 is 1.08 bits per heavy atom. The van der Waals surface area contributed by atoms with Gasteiger partial charge in [-0.25, -0.2) is 9.18 Å². The summed E-state index contributed by atoms with van der Waals surface area (Å²) in [4.78, 5) is 43.0. The molecule has 5 rings (SSSR count). The summed E-state index contributed by atoms with van der Waals surface area (Å²) in [7, 11) is 0. The summed E-state index contributed by atoms with van der Waals surface area (Å²) in [6, 6.07) is 13.1. The molecule has 0 radical (unpaired) electrons. The Hall–Kier alpha value is -3.56. The Labute approximate surface area is 227 Å². The van der Waals surface area contributed by atoms with E-state index in [0.717, 1.165) is 5.56 Å². The van der Waals surface area contributed by atoms with E-state index in [1.807, 2.05) is 6.07 Å². The Balaban J connectivity index is 1.36. The fraction of sp³-hybridized carbons (Fsp3) is 0.433. The largest absolute Gasteiger partial charge is 0.463 e. The highest BCUT2D eigenvalue weighted by molar-refractivity contribution is 5.96. The van der Waals surface area contributed by atoms with Gasteiger partial charge in [-0.15, -0.1) is 0 Å². The first-order valence-electron chi connectivity index (χ1n) is 13.4. The lowest BCUT2D eigenvalue weighted by molar-refractivity contribution is -0.181. The van der Waals surface area contributed by atoms with Gasteiger partial charge in [0.2, 0.25) is 5.91 Å². The number of allylic oxidation sites excluding steroid dienone is 1. The van der Waals surface area contributed by atoms with Gasteiger partial charge in [-0.1, -0.05) is 24.3 Å². The van der Waals surface area contributed by atoms with E-state index in [9.17, 15) is 18.8 Å². The maximum Gasteiger partial charge on any atom is 0.336 e. The van der Waals surface area contributed by atoms with Gasteiger partial charge in [-0.2, -0.15) is 0 Å². The highest BCUT2D eigenvalue weighted by Gasteiger charge is 2.41. The summed E-state index contributed by atoms with van der Waals surface area (Å²) >= 11 is 0. The Bertz CT molecular complexity index is 1270. The number of ether oxygens (including phenoxy) is 3. The third-order valence-electron chi connectivity index (χ3n) is 7.73. The number of piperidine rings is 1. The van der Waals surface area contributed by atoms with Crippen molar-refractivity contribution >= 4 is 17.8 Å². The van der Waals surface area contributed by atoms with Crippen LogP contribution in [0.3, 0.4) is 0 Å². The van der Waals surface area contributed by atoms with Crippen molar-refractivity contribution in [1.82, 2.24) is 9.80 Å². The molecule has 2 aromatic rings. The van der Waals surface area contributed by atoms with Crippen LogP contribution in [-0.2, 0) is 30.3 Å². The molecule has 1 spiro atoms. The van der Waals surface area contributed by atoms with Gasteiger partial charge >= 0.3 is 5.97 Å². The van der Waals surface area contributed by atoms with Crippen molar-refractivity contribution in [3.8, 4) is 0 Å². The van der Waals surface area contributed by atoms with Crippen LogP contribution in [0.15, 0.2) is 59.8 Å². The molecule has 0 N–H and O–H groups in total. The molecule has 3 heterocycles. The zero-order valence-electron chi connectivity index (χ0n) is 22.3. The zero-order chi connectivity index (χ0) is 27.6. The van der Waals surface area contributed by atoms with Crippen molar-refractivity contribution in [3.05, 3.63) is 82.3 Å². The van der Waals surface area contributed by atoms with E-state index in [0.29, 0.717) is 61.5 Å². The van der Waals surface area contributed by atoms with E-state index in [1.165, 1.54) is 12.1 Å². The van der Waals surface area contributed by atoms with E-state index in [1.54, 1.807) is 54.0 Å². The van der Waals surface area contributed by atoms with Gasteiger partial charge in [0.05, 0.1) is 31.9 Å². The average Bonchev–Trinajstić information content (AvgIpc) is 3.39. The molecular weight excluding hydrogens is 503 g/mol. The molecule has 206 valence electrons. The van der Waals surface area contributed by atoms with Gasteiger partial charge in [-0.3, -0.25) is 9.59 Å². The van der Waals surface area contributed by atoms with E-state index in [-0.39, 0.29) is 37.2 Å². The molecule has 0 bridgehead atoms. The number of carbonyl (C=O) groups excluding carboxylic acids is 3. The summed E-state index contributed by atoms with van der Waals surface area (Å²) in [5.74, 6) is -2.21. The lowest BCUT2D eigenvalue weighted by atomic mass is 9.83. The van der Waals surface area contributed by atoms with Gasteiger partial charge in [-0.05, 0) is 49.2 Å². The van der Waals surface area contributed by atoms with Crippen molar-refractivity contribution < 1.29 is 33.0 Å². The molecule has 8 nitrogen and oxygen atoms in total. The van der Waals surface area contributed by atoms with Crippen LogP contribution in [0.2, 0.25) is 0 Å². The lowest BCUT2D eigenvalue weighted by Gasteiger charge is -2.37. The van der Waals surface area contributed by atoms with Crippen LogP contribution in [-0.4, -0.2) is 66.3 Å². The minimum absolute atomic E-state index is 0.0510. The third-order valence-corrected chi connectivity index (χ3v) is 7.73. The SMILES string of the molecule is CCOC(=O)C1=C(C)N(Cc2cccc(C(=O)N3CCC4(CC3)OCCO4)c2)C(=O)CC1c1ccc(F)cc1. The molecular formula is C30H33FN2O6. The smallest absolute Gasteiger partial charge is 0.336 e. The summed E-state index contributed by atoms with van der Waals surface area (Å²) in [6.45, 7) is 6.11. The van der Waals surface area contributed by atoms with E-state index in [2.05, 4.69) is 0 Å². The number of carbonyl (C=O) groups is 3. The normalized spacial score (nSPS) is 21.0. The minimum Gasteiger partial charge on any atom is -0.463 e. The number of esters is 1. The topological polar surface area (TPSA) is 85.4 Å². The van der Waals surface area contributed by atoms with Crippen LogP contribution in [0, 0.1) is 5.82 Å². The van der Waals surface area contributed by atoms with Gasteiger partial charge in [0.15, 0.2) is 5.79 Å². The average molecular weight is 537 g/mol. The molecule has 0 aliphatic carbocycles. The number of rotatable bonds is 6. The molecule has 9 heteroatoms. The molecule has 3 aliphatic heterocycles. The predicted molar refractivity (Wildman–Crippen MR) is 140 cm³/mol. The van der Waals surface area contributed by atoms with Crippen molar-refractivity contribution in [3.63, 3.8) is 0 Å². The monoisotopic (exact) mass is 536 g/mol. The molecule has 2 fully saturated rings. The van der Waals surface area contributed by atoms with E-state index < -0.39 is 17.7 Å². The molecule has 0 saturated carbocycles. The van der Waals surface area contributed by atoms with Crippen LogP contribution in [0.5, 0.6) is 0 Å². The number of halogens is 1. The van der Waals surface area contributed by atoms with Crippen LogP contribution in [0.1, 0.15) is 60.5 Å². The van der Waals surface area contributed by atoms with Gasteiger partial charge < -0.3 is 24.0 Å². The van der Waals surface area contributed by atoms with E-state index >= 15 is 0 Å². The molecule has 2 aromatic carbocycles. The van der Waals surface area contributed by atoms with E-state index in [4.69, 9.17) is 14.2 Å². The van der Waals surface area contributed by atoms with Crippen molar-refractivity contribution in [2.24, 2.45) is 0 Å². The molecule has 1 unspecified atom stereocenters. The van der Waals surface area contributed by atoms with Crippen molar-refractivity contribution in [1.29, 1.82) is 0 Å². The lowest BCUT2D eigenvalue weighted by Crippen LogP contribution is -2.47. The number of hydrogen-bond acceptors (Lipinski definition) is 6. The van der Waals surface area contributed by atoms with Gasteiger partial charge in [0.1, 0.15) is 5.82 Å². The Morgan fingerprint density at radius 3 is 2.44 bits per heavy atom. The summed E-state index contributed by atoms with van der Waals surface area (Å²) in [5, 5.41) is 0. The minimum atomic E-state index is -0.556. The molecule has 0 aromatic heterocycles. The second-order valence-corrected chi connectivity index (χ2v) is 10.1. The maximum absolute atomic E-state index is 13.5. The first kappa shape index (κ1) is 27.0. The van der Waals surface area contributed by atoms with Crippen molar-refractivity contribution in [2.45, 2.75) is 51.4 Å². The van der Waals surface area contributed by atoms with Crippen LogP contribution < -0.4 is 0 Å².